The molecule has 34 heavy (non-hydrogen) atoms. The van der Waals surface area contributed by atoms with Crippen LogP contribution in [0.15, 0.2) is 47.6 Å². The van der Waals surface area contributed by atoms with Crippen LogP contribution in [0.3, 0.4) is 0 Å². The van der Waals surface area contributed by atoms with Crippen LogP contribution in [-0.4, -0.2) is 32.3 Å². The summed E-state index contributed by atoms with van der Waals surface area (Å²) in [6.45, 7) is 8.63. The van der Waals surface area contributed by atoms with E-state index < -0.39 is 6.04 Å². The van der Waals surface area contributed by atoms with Gasteiger partial charge in [-0.3, -0.25) is 9.59 Å². The van der Waals surface area contributed by atoms with Crippen LogP contribution in [-0.2, 0) is 11.3 Å². The van der Waals surface area contributed by atoms with Crippen molar-refractivity contribution in [2.75, 3.05) is 11.1 Å². The number of anilines is 1. The summed E-state index contributed by atoms with van der Waals surface area (Å²) in [5, 5.41) is 15.6. The molecule has 0 saturated carbocycles. The second-order valence-electron chi connectivity index (χ2n) is 8.02. The molecular formula is C24H27Cl2N5O2S. The molecule has 180 valence electrons. The van der Waals surface area contributed by atoms with E-state index in [2.05, 4.69) is 34.7 Å². The maximum absolute atomic E-state index is 12.6. The van der Waals surface area contributed by atoms with E-state index in [1.54, 1.807) is 12.1 Å². The predicted molar refractivity (Wildman–Crippen MR) is 138 cm³/mol. The van der Waals surface area contributed by atoms with Crippen LogP contribution in [0.1, 0.15) is 61.4 Å². The van der Waals surface area contributed by atoms with E-state index in [4.69, 9.17) is 23.2 Å². The minimum Gasteiger partial charge on any atom is -0.342 e. The minimum absolute atomic E-state index is 0.129. The first-order valence-electron chi connectivity index (χ1n) is 10.9. The lowest BCUT2D eigenvalue weighted by atomic mass is 10.0. The number of carbonyl (C=O) groups is 2. The van der Waals surface area contributed by atoms with Gasteiger partial charge in [0.25, 0.3) is 5.91 Å². The van der Waals surface area contributed by atoms with Gasteiger partial charge in [0, 0.05) is 17.8 Å². The lowest BCUT2D eigenvalue weighted by molar-refractivity contribution is -0.113. The average Bonchev–Trinajstić information content (AvgIpc) is 3.23. The topological polar surface area (TPSA) is 88.9 Å². The summed E-state index contributed by atoms with van der Waals surface area (Å²) in [7, 11) is 0. The molecule has 1 aromatic heterocycles. The van der Waals surface area contributed by atoms with Crippen molar-refractivity contribution in [2.24, 2.45) is 0 Å². The number of nitrogens with one attached hydrogen (secondary N) is 2. The number of rotatable bonds is 9. The summed E-state index contributed by atoms with van der Waals surface area (Å²) in [6.07, 6.45) is 0. The Hall–Kier alpha value is -2.55. The van der Waals surface area contributed by atoms with E-state index in [0.29, 0.717) is 39.1 Å². The normalized spacial score (nSPS) is 12.0. The third kappa shape index (κ3) is 6.52. The molecule has 0 aliphatic heterocycles. The van der Waals surface area contributed by atoms with Crippen LogP contribution in [0.5, 0.6) is 0 Å². The zero-order valence-corrected chi connectivity index (χ0v) is 21.8. The Labute approximate surface area is 213 Å². The van der Waals surface area contributed by atoms with Crippen molar-refractivity contribution in [3.63, 3.8) is 0 Å². The summed E-state index contributed by atoms with van der Waals surface area (Å²) < 4.78 is 1.88. The molecule has 0 saturated heterocycles. The first kappa shape index (κ1) is 26.1. The number of thioether (sulfide) groups is 1. The number of hydrogen-bond donors (Lipinski definition) is 2. The molecule has 3 aromatic rings. The largest absolute Gasteiger partial charge is 0.342 e. The molecule has 0 spiro atoms. The highest BCUT2D eigenvalue weighted by atomic mass is 35.5. The SMILES string of the molecule is CCn1c(SCC(=O)Nc2ccc(C(C)C)cc2)nnc1[C@@H](C)NC(=O)c1ccc(Cl)c(Cl)c1. The van der Waals surface area contributed by atoms with Crippen molar-refractivity contribution < 1.29 is 9.59 Å². The Morgan fingerprint density at radius 2 is 1.74 bits per heavy atom. The van der Waals surface area contributed by atoms with Crippen LogP contribution in [0.2, 0.25) is 10.0 Å². The third-order valence-electron chi connectivity index (χ3n) is 5.17. The van der Waals surface area contributed by atoms with Gasteiger partial charge in [0.1, 0.15) is 0 Å². The highest BCUT2D eigenvalue weighted by Crippen LogP contribution is 2.24. The summed E-state index contributed by atoms with van der Waals surface area (Å²) in [6, 6.07) is 12.1. The van der Waals surface area contributed by atoms with Crippen LogP contribution in [0.4, 0.5) is 5.69 Å². The zero-order chi connectivity index (χ0) is 24.8. The van der Waals surface area contributed by atoms with Gasteiger partial charge in [-0.15, -0.1) is 10.2 Å². The molecule has 3 rings (SSSR count). The number of nitrogens with zero attached hydrogens (tertiary/aromatic N) is 3. The van der Waals surface area contributed by atoms with Crippen molar-refractivity contribution in [1.82, 2.24) is 20.1 Å². The number of aromatic nitrogens is 3. The van der Waals surface area contributed by atoms with Crippen LogP contribution in [0, 0.1) is 0 Å². The molecule has 0 bridgehead atoms. The molecule has 0 fully saturated rings. The third-order valence-corrected chi connectivity index (χ3v) is 6.88. The molecule has 2 amide bonds. The second kappa shape index (κ2) is 11.7. The molecule has 0 unspecified atom stereocenters. The Morgan fingerprint density at radius 3 is 2.35 bits per heavy atom. The second-order valence-corrected chi connectivity index (χ2v) is 9.78. The summed E-state index contributed by atoms with van der Waals surface area (Å²) in [5.41, 5.74) is 2.37. The minimum atomic E-state index is -0.406. The Kier molecular flexibility index (Phi) is 8.99. The average molecular weight is 520 g/mol. The lowest BCUT2D eigenvalue weighted by Crippen LogP contribution is -2.28. The zero-order valence-electron chi connectivity index (χ0n) is 19.4. The van der Waals surface area contributed by atoms with Crippen molar-refractivity contribution in [2.45, 2.75) is 51.4 Å². The fraction of sp³-hybridized carbons (Fsp3) is 0.333. The fourth-order valence-electron chi connectivity index (χ4n) is 3.28. The van der Waals surface area contributed by atoms with Gasteiger partial charge in [-0.25, -0.2) is 0 Å². The number of amides is 2. The smallest absolute Gasteiger partial charge is 0.251 e. The maximum Gasteiger partial charge on any atom is 0.251 e. The van der Waals surface area contributed by atoms with Gasteiger partial charge in [-0.05, 0) is 55.7 Å². The van der Waals surface area contributed by atoms with E-state index in [0.717, 1.165) is 5.69 Å². The maximum atomic E-state index is 12.6. The summed E-state index contributed by atoms with van der Waals surface area (Å²) >= 11 is 13.2. The molecule has 0 aliphatic rings. The van der Waals surface area contributed by atoms with Crippen LogP contribution >= 0.6 is 35.0 Å². The molecular weight excluding hydrogens is 493 g/mol. The van der Waals surface area contributed by atoms with Gasteiger partial charge in [0.15, 0.2) is 11.0 Å². The van der Waals surface area contributed by atoms with Gasteiger partial charge in [0.2, 0.25) is 5.91 Å². The molecule has 7 nitrogen and oxygen atoms in total. The molecule has 1 atom stereocenters. The van der Waals surface area contributed by atoms with E-state index in [1.807, 2.05) is 42.7 Å². The van der Waals surface area contributed by atoms with Gasteiger partial charge in [0.05, 0.1) is 21.8 Å². The highest BCUT2D eigenvalue weighted by molar-refractivity contribution is 7.99. The number of carbonyl (C=O) groups excluding carboxylic acids is 2. The molecule has 1 heterocycles. The molecule has 2 N–H and O–H groups in total. The van der Waals surface area contributed by atoms with Gasteiger partial charge >= 0.3 is 0 Å². The molecule has 2 aromatic carbocycles. The fourth-order valence-corrected chi connectivity index (χ4v) is 4.39. The van der Waals surface area contributed by atoms with E-state index in [1.165, 1.54) is 23.4 Å². The molecule has 10 heteroatoms. The predicted octanol–water partition coefficient (Wildman–Crippen LogP) is 5.95. The van der Waals surface area contributed by atoms with Gasteiger partial charge in [-0.2, -0.15) is 0 Å². The van der Waals surface area contributed by atoms with Gasteiger partial charge in [-0.1, -0.05) is 60.9 Å². The standard InChI is InChI=1S/C24H27Cl2N5O2S/c1-5-31-22(15(4)27-23(33)17-8-11-19(25)20(26)12-17)29-30-24(31)34-13-21(32)28-18-9-6-16(7-10-18)14(2)3/h6-12,14-15H,5,13H2,1-4H3,(H,27,33)(H,28,32)/t15-/m1/s1. The van der Waals surface area contributed by atoms with Crippen molar-refractivity contribution >= 4 is 52.5 Å². The summed E-state index contributed by atoms with van der Waals surface area (Å²) in [4.78, 5) is 25.0. The number of hydrogen-bond acceptors (Lipinski definition) is 5. The highest BCUT2D eigenvalue weighted by Gasteiger charge is 2.20. The van der Waals surface area contributed by atoms with Crippen molar-refractivity contribution in [3.8, 4) is 0 Å². The van der Waals surface area contributed by atoms with E-state index in [-0.39, 0.29) is 17.6 Å². The first-order valence-corrected chi connectivity index (χ1v) is 12.6. The van der Waals surface area contributed by atoms with E-state index in [9.17, 15) is 9.59 Å². The number of halogens is 2. The Morgan fingerprint density at radius 1 is 1.03 bits per heavy atom. The lowest BCUT2D eigenvalue weighted by Gasteiger charge is -2.15. The van der Waals surface area contributed by atoms with Crippen molar-refractivity contribution in [1.29, 1.82) is 0 Å². The quantitative estimate of drug-likeness (QED) is 0.341. The molecule has 0 radical (unpaired) electrons. The number of benzene rings is 2. The Bertz CT molecular complexity index is 1160. The van der Waals surface area contributed by atoms with Gasteiger partial charge < -0.3 is 15.2 Å². The van der Waals surface area contributed by atoms with Crippen LogP contribution < -0.4 is 10.6 Å². The first-order chi connectivity index (χ1) is 16.2. The monoisotopic (exact) mass is 519 g/mol. The van der Waals surface area contributed by atoms with E-state index >= 15 is 0 Å². The van der Waals surface area contributed by atoms with Crippen LogP contribution in [0.25, 0.3) is 0 Å². The summed E-state index contributed by atoms with van der Waals surface area (Å²) in [5.74, 6) is 0.798. The van der Waals surface area contributed by atoms with Crippen molar-refractivity contribution in [3.05, 3.63) is 69.5 Å². The molecule has 0 aliphatic carbocycles. The Balaban J connectivity index is 1.61.